The molecule has 2 N–H and O–H groups in total. The second-order valence-corrected chi connectivity index (χ2v) is 6.72. The van der Waals surface area contributed by atoms with Crippen LogP contribution in [0.3, 0.4) is 0 Å². The van der Waals surface area contributed by atoms with Gasteiger partial charge in [-0.3, -0.25) is 0 Å². The Kier molecular flexibility index (Phi) is 5.97. The molecule has 1 rings (SSSR count). The van der Waals surface area contributed by atoms with Crippen molar-refractivity contribution in [3.8, 4) is 0 Å². The van der Waals surface area contributed by atoms with Crippen LogP contribution in [0.2, 0.25) is 0 Å². The summed E-state index contributed by atoms with van der Waals surface area (Å²) in [6.07, 6.45) is 1.81. The Morgan fingerprint density at radius 3 is 2.42 bits per heavy atom. The molecule has 0 aliphatic rings. The molecule has 0 aromatic heterocycles. The van der Waals surface area contributed by atoms with Crippen LogP contribution in [0.25, 0.3) is 0 Å². The third-order valence-electron chi connectivity index (χ3n) is 3.09. The zero-order valence-corrected chi connectivity index (χ0v) is 12.8. The van der Waals surface area contributed by atoms with Gasteiger partial charge in [-0.25, -0.2) is 8.42 Å². The van der Waals surface area contributed by atoms with E-state index in [-0.39, 0.29) is 0 Å². The summed E-state index contributed by atoms with van der Waals surface area (Å²) in [5, 5.41) is 0. The van der Waals surface area contributed by atoms with E-state index in [0.29, 0.717) is 24.5 Å². The summed E-state index contributed by atoms with van der Waals surface area (Å²) in [6, 6.07) is 5.42. The second-order valence-electron chi connectivity index (χ2n) is 4.82. The molecule has 0 saturated carbocycles. The van der Waals surface area contributed by atoms with E-state index in [4.69, 9.17) is 5.73 Å². The predicted octanol–water partition coefficient (Wildman–Crippen LogP) is 2.05. The Morgan fingerprint density at radius 2 is 1.89 bits per heavy atom. The maximum atomic E-state index is 12.6. The van der Waals surface area contributed by atoms with Gasteiger partial charge in [0.05, 0.1) is 4.90 Å². The average molecular weight is 284 g/mol. The molecule has 0 heterocycles. The van der Waals surface area contributed by atoms with E-state index >= 15 is 0 Å². The topological polar surface area (TPSA) is 63.4 Å². The van der Waals surface area contributed by atoms with E-state index < -0.39 is 10.0 Å². The average Bonchev–Trinajstić information content (AvgIpc) is 2.33. The lowest BCUT2D eigenvalue weighted by Gasteiger charge is -2.22. The molecule has 0 atom stereocenters. The van der Waals surface area contributed by atoms with Crippen LogP contribution < -0.4 is 5.73 Å². The first-order chi connectivity index (χ1) is 8.93. The summed E-state index contributed by atoms with van der Waals surface area (Å²) in [4.78, 5) is 0.391. The SMILES string of the molecule is CCCCN(CCN)S(=O)(=O)c1ccc(C)cc1C. The van der Waals surface area contributed by atoms with Crippen molar-refractivity contribution < 1.29 is 8.42 Å². The van der Waals surface area contributed by atoms with Gasteiger partial charge in [-0.1, -0.05) is 31.0 Å². The maximum absolute atomic E-state index is 12.6. The first-order valence-electron chi connectivity index (χ1n) is 6.71. The van der Waals surface area contributed by atoms with Crippen molar-refractivity contribution in [2.45, 2.75) is 38.5 Å². The van der Waals surface area contributed by atoms with Crippen molar-refractivity contribution in [3.63, 3.8) is 0 Å². The molecule has 0 aliphatic carbocycles. The molecule has 0 unspecified atom stereocenters. The quantitative estimate of drug-likeness (QED) is 0.833. The highest BCUT2D eigenvalue weighted by Crippen LogP contribution is 2.21. The first kappa shape index (κ1) is 16.1. The first-order valence-corrected chi connectivity index (χ1v) is 8.15. The minimum absolute atomic E-state index is 0.341. The predicted molar refractivity (Wildman–Crippen MR) is 78.6 cm³/mol. The molecule has 5 heteroatoms. The third-order valence-corrected chi connectivity index (χ3v) is 5.15. The van der Waals surface area contributed by atoms with Gasteiger partial charge in [0.15, 0.2) is 0 Å². The number of hydrogen-bond acceptors (Lipinski definition) is 3. The molecule has 0 saturated heterocycles. The van der Waals surface area contributed by atoms with E-state index in [2.05, 4.69) is 0 Å². The lowest BCUT2D eigenvalue weighted by atomic mass is 10.2. The highest BCUT2D eigenvalue weighted by atomic mass is 32.2. The van der Waals surface area contributed by atoms with Crippen molar-refractivity contribution in [2.24, 2.45) is 5.73 Å². The van der Waals surface area contributed by atoms with Crippen LogP contribution in [-0.4, -0.2) is 32.4 Å². The van der Waals surface area contributed by atoms with Crippen LogP contribution in [0, 0.1) is 13.8 Å². The minimum Gasteiger partial charge on any atom is -0.329 e. The summed E-state index contributed by atoms with van der Waals surface area (Å²) in [5.74, 6) is 0. The summed E-state index contributed by atoms with van der Waals surface area (Å²) >= 11 is 0. The highest BCUT2D eigenvalue weighted by Gasteiger charge is 2.24. The zero-order valence-electron chi connectivity index (χ0n) is 12.0. The second kappa shape index (κ2) is 7.03. The van der Waals surface area contributed by atoms with Gasteiger partial charge < -0.3 is 5.73 Å². The van der Waals surface area contributed by atoms with Crippen molar-refractivity contribution in [3.05, 3.63) is 29.3 Å². The largest absolute Gasteiger partial charge is 0.329 e. The van der Waals surface area contributed by atoms with Crippen LogP contribution in [-0.2, 0) is 10.0 Å². The van der Waals surface area contributed by atoms with Gasteiger partial charge in [0.2, 0.25) is 10.0 Å². The van der Waals surface area contributed by atoms with Crippen LogP contribution in [0.15, 0.2) is 23.1 Å². The molecule has 1 aromatic rings. The summed E-state index contributed by atoms with van der Waals surface area (Å²) in [6.45, 7) is 7.08. The summed E-state index contributed by atoms with van der Waals surface area (Å²) < 4.78 is 26.8. The number of benzene rings is 1. The number of rotatable bonds is 7. The number of nitrogens with two attached hydrogens (primary N) is 1. The van der Waals surface area contributed by atoms with Crippen molar-refractivity contribution in [2.75, 3.05) is 19.6 Å². The third kappa shape index (κ3) is 4.03. The molecule has 0 bridgehead atoms. The Balaban J connectivity index is 3.11. The van der Waals surface area contributed by atoms with Gasteiger partial charge in [-0.05, 0) is 31.9 Å². The van der Waals surface area contributed by atoms with Gasteiger partial charge in [0, 0.05) is 19.6 Å². The molecule has 0 radical (unpaired) electrons. The number of unbranched alkanes of at least 4 members (excludes halogenated alkanes) is 1. The van der Waals surface area contributed by atoms with E-state index in [0.717, 1.165) is 24.0 Å². The number of aryl methyl sites for hydroxylation is 2. The summed E-state index contributed by atoms with van der Waals surface area (Å²) in [5.41, 5.74) is 7.39. The molecule has 4 nitrogen and oxygen atoms in total. The van der Waals surface area contributed by atoms with Crippen molar-refractivity contribution in [1.82, 2.24) is 4.31 Å². The smallest absolute Gasteiger partial charge is 0.243 e. The Labute approximate surface area is 116 Å². The van der Waals surface area contributed by atoms with Gasteiger partial charge in [0.25, 0.3) is 0 Å². The molecular weight excluding hydrogens is 260 g/mol. The minimum atomic E-state index is -3.43. The van der Waals surface area contributed by atoms with E-state index in [1.807, 2.05) is 32.9 Å². The Morgan fingerprint density at radius 1 is 1.21 bits per heavy atom. The van der Waals surface area contributed by atoms with Gasteiger partial charge in [0.1, 0.15) is 0 Å². The maximum Gasteiger partial charge on any atom is 0.243 e. The van der Waals surface area contributed by atoms with Crippen LogP contribution in [0.1, 0.15) is 30.9 Å². The lowest BCUT2D eigenvalue weighted by Crippen LogP contribution is -2.36. The lowest BCUT2D eigenvalue weighted by molar-refractivity contribution is 0.410. The van der Waals surface area contributed by atoms with Gasteiger partial charge in [-0.2, -0.15) is 4.31 Å². The zero-order chi connectivity index (χ0) is 14.5. The molecule has 0 fully saturated rings. The fourth-order valence-electron chi connectivity index (χ4n) is 2.06. The Hall–Kier alpha value is -0.910. The molecule has 1 aromatic carbocycles. The molecule has 108 valence electrons. The molecule has 0 spiro atoms. The number of hydrogen-bond donors (Lipinski definition) is 1. The van der Waals surface area contributed by atoms with Crippen LogP contribution in [0.5, 0.6) is 0 Å². The van der Waals surface area contributed by atoms with Crippen LogP contribution in [0.4, 0.5) is 0 Å². The normalized spacial score (nSPS) is 12.1. The number of nitrogens with zero attached hydrogens (tertiary/aromatic N) is 1. The van der Waals surface area contributed by atoms with Crippen LogP contribution >= 0.6 is 0 Å². The molecule has 0 amide bonds. The monoisotopic (exact) mass is 284 g/mol. The fourth-order valence-corrected chi connectivity index (χ4v) is 3.76. The molecule has 19 heavy (non-hydrogen) atoms. The van der Waals surface area contributed by atoms with E-state index in [1.165, 1.54) is 4.31 Å². The number of sulfonamides is 1. The van der Waals surface area contributed by atoms with Crippen molar-refractivity contribution >= 4 is 10.0 Å². The molecular formula is C14H24N2O2S. The van der Waals surface area contributed by atoms with Gasteiger partial charge in [-0.15, -0.1) is 0 Å². The van der Waals surface area contributed by atoms with Crippen molar-refractivity contribution in [1.29, 1.82) is 0 Å². The summed E-state index contributed by atoms with van der Waals surface area (Å²) in [7, 11) is -3.43. The fraction of sp³-hybridized carbons (Fsp3) is 0.571. The van der Waals surface area contributed by atoms with Gasteiger partial charge >= 0.3 is 0 Å². The molecule has 0 aliphatic heterocycles. The van der Waals surface area contributed by atoms with E-state index in [9.17, 15) is 8.42 Å². The van der Waals surface area contributed by atoms with E-state index in [1.54, 1.807) is 6.07 Å². The Bertz CT molecular complexity index is 512. The highest BCUT2D eigenvalue weighted by molar-refractivity contribution is 7.89. The standard InChI is InChI=1S/C14H24N2O2S/c1-4-5-9-16(10-8-15)19(17,18)14-7-6-12(2)11-13(14)3/h6-7,11H,4-5,8-10,15H2,1-3H3.